The molecule has 33 heavy (non-hydrogen) atoms. The van der Waals surface area contributed by atoms with Gasteiger partial charge < -0.3 is 10.2 Å². The first-order valence-electron chi connectivity index (χ1n) is 10.2. The lowest BCUT2D eigenvalue weighted by atomic mass is 10.0. The van der Waals surface area contributed by atoms with Crippen LogP contribution in [0.1, 0.15) is 34.7 Å². The van der Waals surface area contributed by atoms with E-state index in [0.717, 1.165) is 13.0 Å². The first-order valence-corrected chi connectivity index (χ1v) is 10.2. The van der Waals surface area contributed by atoms with Gasteiger partial charge >= 0.3 is 12.4 Å². The molecule has 4 nitrogen and oxygen atoms in total. The molecule has 0 fully saturated rings. The molecule has 2 aromatic rings. The zero-order chi connectivity index (χ0) is 24.8. The quantitative estimate of drug-likeness (QED) is 0.521. The van der Waals surface area contributed by atoms with Crippen molar-refractivity contribution in [1.29, 1.82) is 0 Å². The zero-order valence-electron chi connectivity index (χ0n) is 18.6. The first kappa shape index (κ1) is 26.7. The average Bonchev–Trinajstić information content (AvgIpc) is 2.71. The second-order valence-corrected chi connectivity index (χ2v) is 8.08. The highest BCUT2D eigenvalue weighted by Gasteiger charge is 2.37. The number of nitrogens with one attached hydrogen (secondary N) is 1. The number of alkyl halides is 6. The summed E-state index contributed by atoms with van der Waals surface area (Å²) in [7, 11) is 5.59. The molecule has 10 heteroatoms. The molecule has 1 amide bonds. The minimum atomic E-state index is -4.95. The lowest BCUT2D eigenvalue weighted by Crippen LogP contribution is -2.39. The Hall–Kier alpha value is -2.59. The molecular formula is C23H27F6N3O. The molecule has 2 rings (SSSR count). The summed E-state index contributed by atoms with van der Waals surface area (Å²) in [5.41, 5.74) is -2.45. The molecule has 0 aliphatic heterocycles. The lowest BCUT2D eigenvalue weighted by Gasteiger charge is -2.28. The van der Waals surface area contributed by atoms with Crippen molar-refractivity contribution >= 4 is 5.91 Å². The van der Waals surface area contributed by atoms with E-state index < -0.39 is 42.0 Å². The van der Waals surface area contributed by atoms with Crippen LogP contribution in [0.4, 0.5) is 26.3 Å². The molecule has 1 N–H and O–H groups in total. The van der Waals surface area contributed by atoms with Crippen LogP contribution in [0.15, 0.2) is 48.5 Å². The summed E-state index contributed by atoms with van der Waals surface area (Å²) in [6.45, 7) is 0.881. The molecule has 0 bridgehead atoms. The molecule has 0 heterocycles. The summed E-state index contributed by atoms with van der Waals surface area (Å²) in [4.78, 5) is 16.8. The third-order valence-electron chi connectivity index (χ3n) is 5.03. The molecule has 0 radical (unpaired) electrons. The number of carbonyl (C=O) groups excluding carboxylic acids is 1. The van der Waals surface area contributed by atoms with Crippen molar-refractivity contribution in [3.8, 4) is 0 Å². The fourth-order valence-electron chi connectivity index (χ4n) is 3.41. The monoisotopic (exact) mass is 475 g/mol. The van der Waals surface area contributed by atoms with E-state index in [0.29, 0.717) is 24.2 Å². The van der Waals surface area contributed by atoms with E-state index in [1.54, 1.807) is 42.3 Å². The van der Waals surface area contributed by atoms with E-state index in [4.69, 9.17) is 0 Å². The van der Waals surface area contributed by atoms with Crippen LogP contribution in [0.2, 0.25) is 0 Å². The standard InChI is InChI=1S/C23H27F6N3O/c1-31(2)10-7-11-32(3)20(17-8-5-4-6-9-17)21(33)30-15-16-12-18(22(24,25)26)14-19(13-16)23(27,28)29/h4-6,8-9,12-14,20H,7,10-11,15H2,1-3H3,(H,30,33)/t20-/m0/s1. The Bertz CT molecular complexity index is 880. The van der Waals surface area contributed by atoms with Gasteiger partial charge in [0.2, 0.25) is 5.91 Å². The average molecular weight is 475 g/mol. The van der Waals surface area contributed by atoms with Crippen LogP contribution < -0.4 is 5.32 Å². The van der Waals surface area contributed by atoms with Gasteiger partial charge in [-0.05, 0) is 63.4 Å². The van der Waals surface area contributed by atoms with Crippen LogP contribution in [0.25, 0.3) is 0 Å². The Labute approximate surface area is 189 Å². The van der Waals surface area contributed by atoms with Gasteiger partial charge in [-0.2, -0.15) is 26.3 Å². The minimum Gasteiger partial charge on any atom is -0.350 e. The minimum absolute atomic E-state index is 0.0661. The Morgan fingerprint density at radius 2 is 1.42 bits per heavy atom. The Kier molecular flexibility index (Phi) is 8.90. The van der Waals surface area contributed by atoms with E-state index in [-0.39, 0.29) is 11.6 Å². The molecule has 0 spiro atoms. The maximum Gasteiger partial charge on any atom is 0.416 e. The largest absolute Gasteiger partial charge is 0.416 e. The van der Waals surface area contributed by atoms with Gasteiger partial charge in [0.25, 0.3) is 0 Å². The Morgan fingerprint density at radius 1 is 0.879 bits per heavy atom. The van der Waals surface area contributed by atoms with Gasteiger partial charge in [-0.1, -0.05) is 30.3 Å². The van der Waals surface area contributed by atoms with Gasteiger partial charge in [-0.15, -0.1) is 0 Å². The smallest absolute Gasteiger partial charge is 0.350 e. The molecule has 0 aliphatic rings. The van der Waals surface area contributed by atoms with Gasteiger partial charge in [0.1, 0.15) is 6.04 Å². The number of nitrogens with zero attached hydrogens (tertiary/aromatic N) is 2. The van der Waals surface area contributed by atoms with Crippen LogP contribution >= 0.6 is 0 Å². The normalized spacial score (nSPS) is 13.4. The van der Waals surface area contributed by atoms with Crippen LogP contribution in [0.5, 0.6) is 0 Å². The van der Waals surface area contributed by atoms with Gasteiger partial charge in [0.05, 0.1) is 11.1 Å². The van der Waals surface area contributed by atoms with Crippen LogP contribution in [0.3, 0.4) is 0 Å². The van der Waals surface area contributed by atoms with Gasteiger partial charge in [0, 0.05) is 13.1 Å². The van der Waals surface area contributed by atoms with Crippen molar-refractivity contribution < 1.29 is 31.1 Å². The SMILES string of the molecule is CN(C)CCCN(C)[C@H](C(=O)NCc1cc(C(F)(F)F)cc(C(F)(F)F)c1)c1ccccc1. The van der Waals surface area contributed by atoms with Crippen molar-refractivity contribution in [1.82, 2.24) is 15.1 Å². The predicted octanol–water partition coefficient (Wildman–Crippen LogP) is 4.97. The highest BCUT2D eigenvalue weighted by molar-refractivity contribution is 5.83. The molecule has 1 atom stereocenters. The van der Waals surface area contributed by atoms with Crippen molar-refractivity contribution in [2.45, 2.75) is 31.4 Å². The molecule has 0 aliphatic carbocycles. The topological polar surface area (TPSA) is 35.6 Å². The maximum atomic E-state index is 13.1. The summed E-state index contributed by atoms with van der Waals surface area (Å²) < 4.78 is 78.6. The molecule has 0 saturated heterocycles. The summed E-state index contributed by atoms with van der Waals surface area (Å²) in [6.07, 6.45) is -9.12. The molecule has 0 unspecified atom stereocenters. The molecule has 0 saturated carbocycles. The predicted molar refractivity (Wildman–Crippen MR) is 113 cm³/mol. The maximum absolute atomic E-state index is 13.1. The molecule has 182 valence electrons. The number of likely N-dealkylation sites (N-methyl/N-ethyl adjacent to an activating group) is 1. The van der Waals surface area contributed by atoms with E-state index in [9.17, 15) is 31.1 Å². The Morgan fingerprint density at radius 3 is 1.91 bits per heavy atom. The first-order chi connectivity index (χ1) is 15.3. The number of hydrogen-bond donors (Lipinski definition) is 1. The second-order valence-electron chi connectivity index (χ2n) is 8.08. The van der Waals surface area contributed by atoms with E-state index >= 15 is 0 Å². The summed E-state index contributed by atoms with van der Waals surface area (Å²) in [5.74, 6) is -0.514. The summed E-state index contributed by atoms with van der Waals surface area (Å²) in [6, 6.07) is 9.35. The Balaban J connectivity index is 2.24. The van der Waals surface area contributed by atoms with Crippen molar-refractivity contribution in [3.05, 3.63) is 70.8 Å². The number of rotatable bonds is 9. The number of halogens is 6. The van der Waals surface area contributed by atoms with Gasteiger partial charge in [0.15, 0.2) is 0 Å². The van der Waals surface area contributed by atoms with Gasteiger partial charge in [-0.25, -0.2) is 0 Å². The number of benzene rings is 2. The van der Waals surface area contributed by atoms with Gasteiger partial charge in [-0.3, -0.25) is 9.69 Å². The summed E-state index contributed by atoms with van der Waals surface area (Å²) in [5, 5.41) is 2.51. The number of hydrogen-bond acceptors (Lipinski definition) is 3. The van der Waals surface area contributed by atoms with Crippen molar-refractivity contribution in [3.63, 3.8) is 0 Å². The number of amides is 1. The lowest BCUT2D eigenvalue weighted by molar-refractivity contribution is -0.143. The van der Waals surface area contributed by atoms with Crippen molar-refractivity contribution in [2.24, 2.45) is 0 Å². The fourth-order valence-corrected chi connectivity index (χ4v) is 3.41. The zero-order valence-corrected chi connectivity index (χ0v) is 18.6. The summed E-state index contributed by atoms with van der Waals surface area (Å²) >= 11 is 0. The highest BCUT2D eigenvalue weighted by atomic mass is 19.4. The van der Waals surface area contributed by atoms with Crippen LogP contribution in [-0.4, -0.2) is 49.9 Å². The van der Waals surface area contributed by atoms with E-state index in [2.05, 4.69) is 5.32 Å². The fraction of sp³-hybridized carbons (Fsp3) is 0.435. The van der Waals surface area contributed by atoms with Crippen LogP contribution in [-0.2, 0) is 23.7 Å². The third-order valence-corrected chi connectivity index (χ3v) is 5.03. The number of carbonyl (C=O) groups is 1. The second kappa shape index (κ2) is 11.0. The van der Waals surface area contributed by atoms with Crippen LogP contribution in [0, 0.1) is 0 Å². The third kappa shape index (κ3) is 8.04. The van der Waals surface area contributed by atoms with E-state index in [1.807, 2.05) is 19.0 Å². The molecular weight excluding hydrogens is 448 g/mol. The van der Waals surface area contributed by atoms with Crippen molar-refractivity contribution in [2.75, 3.05) is 34.2 Å². The molecule has 2 aromatic carbocycles. The van der Waals surface area contributed by atoms with E-state index in [1.165, 1.54) is 0 Å². The highest BCUT2D eigenvalue weighted by Crippen LogP contribution is 2.36. The molecule has 0 aromatic heterocycles.